The Bertz CT molecular complexity index is 514. The Balaban J connectivity index is 2.37. The Morgan fingerprint density at radius 1 is 1.47 bits per heavy atom. The molecule has 6 nitrogen and oxygen atoms in total. The first-order valence-corrected chi connectivity index (χ1v) is 5.54. The molecule has 88 valence electrons. The molecule has 0 fully saturated rings. The number of rotatable bonds is 2. The van der Waals surface area contributed by atoms with Gasteiger partial charge in [0.1, 0.15) is 6.33 Å². The van der Waals surface area contributed by atoms with Gasteiger partial charge in [0, 0.05) is 24.2 Å². The van der Waals surface area contributed by atoms with Crippen molar-refractivity contribution in [3.05, 3.63) is 36.1 Å². The van der Waals surface area contributed by atoms with E-state index >= 15 is 0 Å². The normalized spacial score (nSPS) is 23.4. The van der Waals surface area contributed by atoms with E-state index in [1.807, 2.05) is 0 Å². The predicted molar refractivity (Wildman–Crippen MR) is 64.6 cm³/mol. The minimum absolute atomic E-state index is 0.136. The zero-order valence-electron chi connectivity index (χ0n) is 8.88. The molecule has 1 aromatic rings. The number of aromatic nitrogens is 2. The molecular formula is C10H9BrN4O2. The van der Waals surface area contributed by atoms with Crippen LogP contribution in [0.1, 0.15) is 12.5 Å². The standard InChI is InChI=1S/C10H9BrN4O2/c1-6-8(9(16)17)4-14-10(11,15-6)7-2-12-5-13-3-7/h2-5,14H,1H3,(H,16,17). The molecule has 0 saturated carbocycles. The molecule has 0 amide bonds. The first-order chi connectivity index (χ1) is 8.03. The van der Waals surface area contributed by atoms with Crippen LogP contribution in [0.3, 0.4) is 0 Å². The fourth-order valence-electron chi connectivity index (χ4n) is 1.43. The Morgan fingerprint density at radius 3 is 2.65 bits per heavy atom. The summed E-state index contributed by atoms with van der Waals surface area (Å²) in [6, 6.07) is 0. The molecule has 2 rings (SSSR count). The highest BCUT2D eigenvalue weighted by Gasteiger charge is 2.32. The van der Waals surface area contributed by atoms with Gasteiger partial charge >= 0.3 is 5.97 Å². The van der Waals surface area contributed by atoms with Gasteiger partial charge in [-0.1, -0.05) is 0 Å². The van der Waals surface area contributed by atoms with Gasteiger partial charge in [-0.2, -0.15) is 0 Å². The summed E-state index contributed by atoms with van der Waals surface area (Å²) in [4.78, 5) is 23.0. The van der Waals surface area contributed by atoms with Gasteiger partial charge in [-0.25, -0.2) is 19.8 Å². The largest absolute Gasteiger partial charge is 0.478 e. The van der Waals surface area contributed by atoms with Gasteiger partial charge in [0.05, 0.1) is 11.3 Å². The summed E-state index contributed by atoms with van der Waals surface area (Å²) in [6.07, 6.45) is 6.03. The van der Waals surface area contributed by atoms with E-state index in [4.69, 9.17) is 5.11 Å². The number of carboxylic acid groups (broad SMARTS) is 1. The van der Waals surface area contributed by atoms with E-state index < -0.39 is 10.5 Å². The van der Waals surface area contributed by atoms with Gasteiger partial charge in [0.2, 0.25) is 4.57 Å². The van der Waals surface area contributed by atoms with E-state index in [0.717, 1.165) is 0 Å². The zero-order valence-corrected chi connectivity index (χ0v) is 10.5. The number of carbonyl (C=O) groups is 1. The number of alkyl halides is 1. The average Bonchev–Trinajstić information content (AvgIpc) is 2.29. The number of aliphatic carboxylic acids is 1. The van der Waals surface area contributed by atoms with Crippen LogP contribution in [-0.4, -0.2) is 26.8 Å². The van der Waals surface area contributed by atoms with Crippen LogP contribution in [0.2, 0.25) is 0 Å². The summed E-state index contributed by atoms with van der Waals surface area (Å²) in [5.41, 5.74) is 1.26. The Kier molecular flexibility index (Phi) is 2.93. The van der Waals surface area contributed by atoms with Crippen molar-refractivity contribution in [3.8, 4) is 0 Å². The van der Waals surface area contributed by atoms with E-state index in [-0.39, 0.29) is 5.57 Å². The van der Waals surface area contributed by atoms with Gasteiger partial charge in [-0.05, 0) is 22.9 Å². The highest BCUT2D eigenvalue weighted by atomic mass is 79.9. The van der Waals surface area contributed by atoms with Crippen molar-refractivity contribution in [2.24, 2.45) is 4.99 Å². The highest BCUT2D eigenvalue weighted by molar-refractivity contribution is 9.09. The van der Waals surface area contributed by atoms with Gasteiger partial charge in [-0.3, -0.25) is 0 Å². The van der Waals surface area contributed by atoms with Gasteiger partial charge in [0.25, 0.3) is 0 Å². The summed E-state index contributed by atoms with van der Waals surface area (Å²) in [5, 5.41) is 11.8. The van der Waals surface area contributed by atoms with E-state index in [0.29, 0.717) is 11.3 Å². The molecule has 1 aliphatic heterocycles. The van der Waals surface area contributed by atoms with Crippen molar-refractivity contribution < 1.29 is 9.90 Å². The molecule has 2 heterocycles. The maximum absolute atomic E-state index is 10.9. The summed E-state index contributed by atoms with van der Waals surface area (Å²) in [6.45, 7) is 1.64. The lowest BCUT2D eigenvalue weighted by Crippen LogP contribution is -2.37. The van der Waals surface area contributed by atoms with Crippen LogP contribution < -0.4 is 5.32 Å². The van der Waals surface area contributed by atoms with Crippen LogP contribution in [0.25, 0.3) is 0 Å². The molecule has 1 aromatic heterocycles. The average molecular weight is 297 g/mol. The van der Waals surface area contributed by atoms with Gasteiger partial charge < -0.3 is 10.4 Å². The van der Waals surface area contributed by atoms with Crippen LogP contribution in [0.5, 0.6) is 0 Å². The lowest BCUT2D eigenvalue weighted by molar-refractivity contribution is -0.132. The van der Waals surface area contributed by atoms with Gasteiger partial charge in [0.15, 0.2) is 0 Å². The minimum Gasteiger partial charge on any atom is -0.478 e. The van der Waals surface area contributed by atoms with Crippen molar-refractivity contribution in [1.29, 1.82) is 0 Å². The first-order valence-electron chi connectivity index (χ1n) is 4.75. The third-order valence-corrected chi connectivity index (χ3v) is 3.16. The molecule has 1 unspecified atom stereocenters. The summed E-state index contributed by atoms with van der Waals surface area (Å²) < 4.78 is -0.905. The van der Waals surface area contributed by atoms with E-state index in [1.54, 1.807) is 19.3 Å². The molecule has 0 spiro atoms. The molecule has 1 aliphatic rings. The number of halogens is 1. The van der Waals surface area contributed by atoms with Crippen LogP contribution in [0, 0.1) is 0 Å². The number of nitrogens with zero attached hydrogens (tertiary/aromatic N) is 3. The molecule has 0 radical (unpaired) electrons. The Labute approximate surface area is 106 Å². The van der Waals surface area contributed by atoms with Crippen LogP contribution in [-0.2, 0) is 9.37 Å². The van der Waals surface area contributed by atoms with E-state index in [2.05, 4.69) is 36.2 Å². The molecule has 17 heavy (non-hydrogen) atoms. The smallest absolute Gasteiger partial charge is 0.339 e. The molecule has 7 heteroatoms. The van der Waals surface area contributed by atoms with E-state index in [9.17, 15) is 4.79 Å². The number of hydrogen-bond donors (Lipinski definition) is 2. The Hall–Kier alpha value is -1.76. The van der Waals surface area contributed by atoms with Crippen LogP contribution in [0.4, 0.5) is 0 Å². The number of nitrogens with one attached hydrogen (secondary N) is 1. The second kappa shape index (κ2) is 4.25. The lowest BCUT2D eigenvalue weighted by atomic mass is 10.1. The number of hydrogen-bond acceptors (Lipinski definition) is 5. The number of carboxylic acids is 1. The summed E-state index contributed by atoms with van der Waals surface area (Å²) in [7, 11) is 0. The second-order valence-electron chi connectivity index (χ2n) is 3.45. The predicted octanol–water partition coefficient (Wildman–Crippen LogP) is 1.01. The van der Waals surface area contributed by atoms with Gasteiger partial charge in [-0.15, -0.1) is 0 Å². The molecule has 0 aliphatic carbocycles. The topological polar surface area (TPSA) is 87.5 Å². The highest BCUT2D eigenvalue weighted by Crippen LogP contribution is 2.32. The van der Waals surface area contributed by atoms with Crippen LogP contribution >= 0.6 is 15.9 Å². The van der Waals surface area contributed by atoms with Crippen molar-refractivity contribution in [2.75, 3.05) is 0 Å². The second-order valence-corrected chi connectivity index (χ2v) is 4.60. The summed E-state index contributed by atoms with van der Waals surface area (Å²) in [5.74, 6) is -1.02. The molecule has 2 N–H and O–H groups in total. The van der Waals surface area contributed by atoms with Crippen molar-refractivity contribution in [1.82, 2.24) is 15.3 Å². The zero-order chi connectivity index (χ0) is 12.5. The van der Waals surface area contributed by atoms with Crippen molar-refractivity contribution >= 4 is 27.6 Å². The van der Waals surface area contributed by atoms with E-state index in [1.165, 1.54) is 12.5 Å². The lowest BCUT2D eigenvalue weighted by Gasteiger charge is -2.28. The minimum atomic E-state index is -1.02. The maximum atomic E-state index is 10.9. The van der Waals surface area contributed by atoms with Crippen molar-refractivity contribution in [2.45, 2.75) is 11.5 Å². The van der Waals surface area contributed by atoms with Crippen LogP contribution in [0.15, 0.2) is 35.5 Å². The number of aliphatic imine (C=N–C) groups is 1. The SMILES string of the molecule is CC1=NC(Br)(c2cncnc2)NC=C1C(=O)O. The summed E-state index contributed by atoms with van der Waals surface area (Å²) >= 11 is 3.40. The monoisotopic (exact) mass is 296 g/mol. The maximum Gasteiger partial charge on any atom is 0.339 e. The fraction of sp³-hybridized carbons (Fsp3) is 0.200. The first kappa shape index (κ1) is 11.7. The molecular weight excluding hydrogens is 288 g/mol. The molecule has 0 saturated heterocycles. The fourth-order valence-corrected chi connectivity index (χ4v) is 2.02. The van der Waals surface area contributed by atoms with Crippen molar-refractivity contribution in [3.63, 3.8) is 0 Å². The molecule has 1 atom stereocenters. The molecule has 0 bridgehead atoms. The third kappa shape index (κ3) is 2.19. The third-order valence-electron chi connectivity index (χ3n) is 2.29. The quantitative estimate of drug-likeness (QED) is 0.628. The molecule has 0 aromatic carbocycles. The Morgan fingerprint density at radius 2 is 2.12 bits per heavy atom.